The molecule has 0 unspecified atom stereocenters. The molecule has 2 aromatic rings. The SMILES string of the molecule is CC(C=Cc1c(O)n(CCCS(=O)(=O)[O-])c(=O)[nH]c1=O)=CC=C1C(=O)NC(=O)N(c2ccccc2)C1=O. The van der Waals surface area contributed by atoms with Crippen molar-refractivity contribution in [3.05, 3.63) is 86.1 Å². The summed E-state index contributed by atoms with van der Waals surface area (Å²) < 4.78 is 33.0. The topological polar surface area (TPSA) is 199 Å². The molecule has 37 heavy (non-hydrogen) atoms. The molecule has 1 saturated heterocycles. The fourth-order valence-corrected chi connectivity index (χ4v) is 3.79. The van der Waals surface area contributed by atoms with Crippen LogP contribution in [0.1, 0.15) is 18.9 Å². The van der Waals surface area contributed by atoms with Crippen LogP contribution < -0.4 is 21.5 Å². The summed E-state index contributed by atoms with van der Waals surface area (Å²) in [5.74, 6) is -3.23. The Morgan fingerprint density at radius 2 is 1.78 bits per heavy atom. The molecule has 4 amide bonds. The van der Waals surface area contributed by atoms with Gasteiger partial charge in [0, 0.05) is 12.3 Å². The number of amides is 4. The van der Waals surface area contributed by atoms with Crippen molar-refractivity contribution in [3.63, 3.8) is 0 Å². The first-order valence-corrected chi connectivity index (χ1v) is 12.3. The Balaban J connectivity index is 1.85. The Kier molecular flexibility index (Phi) is 8.04. The van der Waals surface area contributed by atoms with Gasteiger partial charge in [-0.2, -0.15) is 0 Å². The number of urea groups is 1. The number of anilines is 1. The molecule has 0 bridgehead atoms. The highest BCUT2D eigenvalue weighted by molar-refractivity contribution is 7.85. The quantitative estimate of drug-likeness (QED) is 0.187. The second-order valence-corrected chi connectivity index (χ2v) is 9.35. The van der Waals surface area contributed by atoms with Gasteiger partial charge in [-0.25, -0.2) is 22.9 Å². The van der Waals surface area contributed by atoms with Crippen LogP contribution in [0.15, 0.2) is 69.3 Å². The molecule has 1 aromatic heterocycles. The number of carbonyl (C=O) groups is 3. The van der Waals surface area contributed by atoms with Gasteiger partial charge in [-0.15, -0.1) is 0 Å². The summed E-state index contributed by atoms with van der Waals surface area (Å²) in [6, 6.07) is 7.10. The van der Waals surface area contributed by atoms with Crippen molar-refractivity contribution < 1.29 is 32.5 Å². The number of aromatic hydroxyl groups is 1. The van der Waals surface area contributed by atoms with Crippen LogP contribution in [0, 0.1) is 0 Å². The Labute approximate surface area is 209 Å². The second kappa shape index (κ2) is 11.0. The molecule has 1 fully saturated rings. The van der Waals surface area contributed by atoms with Crippen LogP contribution in [0.3, 0.4) is 0 Å². The van der Waals surface area contributed by atoms with Crippen molar-refractivity contribution in [3.8, 4) is 5.88 Å². The predicted molar refractivity (Wildman–Crippen MR) is 131 cm³/mol. The fourth-order valence-electron chi connectivity index (χ4n) is 3.31. The number of hydrogen-bond donors (Lipinski definition) is 3. The van der Waals surface area contributed by atoms with Crippen LogP contribution in [0.25, 0.3) is 6.08 Å². The van der Waals surface area contributed by atoms with Gasteiger partial charge in [0.15, 0.2) is 0 Å². The number of nitrogens with one attached hydrogen (secondary N) is 2. The zero-order valence-corrected chi connectivity index (χ0v) is 20.1. The third kappa shape index (κ3) is 6.56. The molecule has 0 saturated carbocycles. The molecule has 0 aliphatic carbocycles. The van der Waals surface area contributed by atoms with Gasteiger partial charge in [0.25, 0.3) is 17.4 Å². The number of aromatic amines is 1. The van der Waals surface area contributed by atoms with Gasteiger partial charge in [0.2, 0.25) is 5.88 Å². The molecule has 1 aliphatic rings. The van der Waals surface area contributed by atoms with E-state index in [0.717, 1.165) is 4.90 Å². The van der Waals surface area contributed by atoms with E-state index >= 15 is 0 Å². The molecule has 14 heteroatoms. The average Bonchev–Trinajstić information content (AvgIpc) is 2.80. The zero-order chi connectivity index (χ0) is 27.3. The molecule has 0 atom stereocenters. The Morgan fingerprint density at radius 1 is 1.11 bits per heavy atom. The van der Waals surface area contributed by atoms with E-state index in [1.807, 2.05) is 4.98 Å². The van der Waals surface area contributed by atoms with Gasteiger partial charge in [-0.05, 0) is 37.6 Å². The first-order chi connectivity index (χ1) is 17.4. The number of hydrogen-bond acceptors (Lipinski definition) is 9. The first-order valence-electron chi connectivity index (χ1n) is 10.7. The molecule has 194 valence electrons. The van der Waals surface area contributed by atoms with Crippen molar-refractivity contribution in [1.29, 1.82) is 0 Å². The summed E-state index contributed by atoms with van der Waals surface area (Å²) in [5.41, 5.74) is -1.88. The number of para-hydroxylation sites is 1. The van der Waals surface area contributed by atoms with Crippen LogP contribution in [0.4, 0.5) is 10.5 Å². The highest BCUT2D eigenvalue weighted by Gasteiger charge is 2.36. The minimum absolute atomic E-state index is 0.264. The number of carbonyl (C=O) groups excluding carboxylic acids is 3. The normalized spacial score (nSPS) is 16.1. The van der Waals surface area contributed by atoms with Gasteiger partial charge in [-0.1, -0.05) is 35.9 Å². The number of H-pyrrole nitrogens is 1. The summed E-state index contributed by atoms with van der Waals surface area (Å²) in [4.78, 5) is 64.1. The third-order valence-electron chi connectivity index (χ3n) is 5.12. The molecule has 1 aromatic carbocycles. The Morgan fingerprint density at radius 3 is 2.43 bits per heavy atom. The highest BCUT2D eigenvalue weighted by atomic mass is 32.2. The van der Waals surface area contributed by atoms with Crippen LogP contribution in [-0.2, 0) is 26.3 Å². The van der Waals surface area contributed by atoms with Gasteiger partial charge in [0.05, 0.1) is 15.8 Å². The lowest BCUT2D eigenvalue weighted by Gasteiger charge is -2.26. The average molecular weight is 530 g/mol. The standard InChI is InChI=1S/C23H22N4O9S/c1-14(8-10-16-18(28)24-22(32)26(20(16)30)12-5-13-37(34,35)36)9-11-17-19(29)25-23(33)27(21(17)31)15-6-3-2-4-7-15/h2-4,6-11,30H,5,12-13H2,1H3,(H,24,28,32)(H,25,29,33)(H,34,35,36)/p-1. The molecule has 0 radical (unpaired) electrons. The lowest BCUT2D eigenvalue weighted by Crippen LogP contribution is -2.54. The lowest BCUT2D eigenvalue weighted by atomic mass is 10.1. The summed E-state index contributed by atoms with van der Waals surface area (Å²) in [5, 5.41) is 12.4. The molecular weight excluding hydrogens is 508 g/mol. The monoisotopic (exact) mass is 529 g/mol. The molecule has 1 aliphatic heterocycles. The van der Waals surface area contributed by atoms with Crippen molar-refractivity contribution >= 4 is 39.7 Å². The van der Waals surface area contributed by atoms with Crippen molar-refractivity contribution in [1.82, 2.24) is 14.9 Å². The van der Waals surface area contributed by atoms with Gasteiger partial charge in [0.1, 0.15) is 11.1 Å². The number of imide groups is 2. The van der Waals surface area contributed by atoms with Crippen LogP contribution in [-0.4, -0.2) is 51.2 Å². The molecule has 2 heterocycles. The van der Waals surface area contributed by atoms with E-state index in [2.05, 4.69) is 5.32 Å². The lowest BCUT2D eigenvalue weighted by molar-refractivity contribution is -0.122. The molecule has 3 N–H and O–H groups in total. The zero-order valence-electron chi connectivity index (χ0n) is 19.3. The molecule has 0 spiro atoms. The molecule has 3 rings (SSSR count). The highest BCUT2D eigenvalue weighted by Crippen LogP contribution is 2.20. The molecular formula is C23H21N4O9S-. The number of rotatable bonds is 8. The van der Waals surface area contributed by atoms with Gasteiger partial charge in [-0.3, -0.25) is 29.3 Å². The summed E-state index contributed by atoms with van der Waals surface area (Å²) in [6.07, 6.45) is 4.81. The number of barbiturate groups is 1. The van der Waals surface area contributed by atoms with Crippen molar-refractivity contribution in [2.24, 2.45) is 0 Å². The summed E-state index contributed by atoms with van der Waals surface area (Å²) in [7, 11) is -4.53. The van der Waals surface area contributed by atoms with E-state index < -0.39 is 50.8 Å². The van der Waals surface area contributed by atoms with E-state index in [1.165, 1.54) is 36.4 Å². The number of aromatic nitrogens is 2. The number of benzene rings is 1. The predicted octanol–water partition coefficient (Wildman–Crippen LogP) is 0.346. The minimum Gasteiger partial charge on any atom is -0.748 e. The number of allylic oxidation sites excluding steroid dienone is 4. The maximum Gasteiger partial charge on any atom is 0.335 e. The largest absolute Gasteiger partial charge is 0.748 e. The maximum atomic E-state index is 12.8. The number of nitrogens with zero attached hydrogens (tertiary/aromatic N) is 2. The summed E-state index contributed by atoms with van der Waals surface area (Å²) in [6.45, 7) is 1.22. The van der Waals surface area contributed by atoms with E-state index in [1.54, 1.807) is 25.1 Å². The van der Waals surface area contributed by atoms with Crippen LogP contribution in [0.2, 0.25) is 0 Å². The van der Waals surface area contributed by atoms with E-state index in [4.69, 9.17) is 0 Å². The summed E-state index contributed by atoms with van der Waals surface area (Å²) >= 11 is 0. The fraction of sp³-hybridized carbons (Fsp3) is 0.174. The van der Waals surface area contributed by atoms with Crippen molar-refractivity contribution in [2.45, 2.75) is 19.9 Å². The van der Waals surface area contributed by atoms with E-state index in [0.29, 0.717) is 10.1 Å². The van der Waals surface area contributed by atoms with Crippen LogP contribution >= 0.6 is 0 Å². The second-order valence-electron chi connectivity index (χ2n) is 7.82. The van der Waals surface area contributed by atoms with Gasteiger partial charge < -0.3 is 9.66 Å². The van der Waals surface area contributed by atoms with E-state index in [9.17, 15) is 42.0 Å². The van der Waals surface area contributed by atoms with Gasteiger partial charge >= 0.3 is 11.7 Å². The minimum atomic E-state index is -4.53. The van der Waals surface area contributed by atoms with Crippen LogP contribution in [0.5, 0.6) is 5.88 Å². The maximum absolute atomic E-state index is 12.8. The Bertz CT molecular complexity index is 1570. The Hall–Kier alpha value is -4.56. The smallest absolute Gasteiger partial charge is 0.335 e. The first kappa shape index (κ1) is 27.0. The van der Waals surface area contributed by atoms with E-state index in [-0.39, 0.29) is 29.8 Å². The third-order valence-corrected chi connectivity index (χ3v) is 5.91. The van der Waals surface area contributed by atoms with Crippen molar-refractivity contribution in [2.75, 3.05) is 10.7 Å². The molecule has 13 nitrogen and oxygen atoms in total.